The number of hydrogen-bond donors (Lipinski definition) is 2. The Morgan fingerprint density at radius 1 is 1.25 bits per heavy atom. The van der Waals surface area contributed by atoms with E-state index in [0.29, 0.717) is 28.7 Å². The lowest BCUT2D eigenvalue weighted by Gasteiger charge is -2.06. The zero-order valence-electron chi connectivity index (χ0n) is 10.7. The van der Waals surface area contributed by atoms with Crippen LogP contribution in [-0.4, -0.2) is 5.91 Å². The molecule has 1 amide bonds. The molecular weight excluding hydrogens is 323 g/mol. The van der Waals surface area contributed by atoms with E-state index in [1.54, 1.807) is 6.07 Å². The van der Waals surface area contributed by atoms with E-state index < -0.39 is 0 Å². The molecule has 2 aromatic rings. The monoisotopic (exact) mass is 336 g/mol. The molecule has 0 unspecified atom stereocenters. The minimum absolute atomic E-state index is 0.120. The molecule has 5 heteroatoms. The van der Waals surface area contributed by atoms with Crippen LogP contribution in [0.5, 0.6) is 0 Å². The number of anilines is 2. The van der Waals surface area contributed by atoms with Crippen LogP contribution in [0.25, 0.3) is 0 Å². The molecule has 0 aliphatic heterocycles. The second kappa shape index (κ2) is 6.52. The molecule has 3 nitrogen and oxygen atoms in total. The first-order valence-electron chi connectivity index (χ1n) is 6.14. The summed E-state index contributed by atoms with van der Waals surface area (Å²) < 4.78 is 13.4. The standard InChI is InChI=1S/C15H14BrFN2O/c16-13-9-12(5-6-14(13)17)19-15(20)7-4-10-2-1-3-11(18)8-10/h1-3,5-6,8-9H,4,7,18H2,(H,19,20). The van der Waals surface area contributed by atoms with Gasteiger partial charge in [-0.15, -0.1) is 0 Å². The van der Waals surface area contributed by atoms with E-state index in [9.17, 15) is 9.18 Å². The van der Waals surface area contributed by atoms with Gasteiger partial charge in [-0.25, -0.2) is 4.39 Å². The summed E-state index contributed by atoms with van der Waals surface area (Å²) in [6.45, 7) is 0. The average molecular weight is 337 g/mol. The predicted octanol–water partition coefficient (Wildman–Crippen LogP) is 3.74. The van der Waals surface area contributed by atoms with Gasteiger partial charge in [-0.3, -0.25) is 4.79 Å². The fourth-order valence-electron chi connectivity index (χ4n) is 1.80. The molecule has 2 aromatic carbocycles. The third kappa shape index (κ3) is 4.06. The zero-order valence-corrected chi connectivity index (χ0v) is 12.3. The van der Waals surface area contributed by atoms with Crippen LogP contribution in [-0.2, 0) is 11.2 Å². The van der Waals surface area contributed by atoms with Gasteiger partial charge in [0, 0.05) is 17.8 Å². The first-order chi connectivity index (χ1) is 9.54. The summed E-state index contributed by atoms with van der Waals surface area (Å²) in [5.41, 5.74) is 7.94. The first kappa shape index (κ1) is 14.5. The summed E-state index contributed by atoms with van der Waals surface area (Å²) >= 11 is 3.08. The summed E-state index contributed by atoms with van der Waals surface area (Å²) in [6, 6.07) is 11.8. The van der Waals surface area contributed by atoms with Crippen LogP contribution in [0.2, 0.25) is 0 Å². The van der Waals surface area contributed by atoms with E-state index in [0.717, 1.165) is 5.56 Å². The minimum Gasteiger partial charge on any atom is -0.399 e. The van der Waals surface area contributed by atoms with Crippen LogP contribution in [0, 0.1) is 5.82 Å². The van der Waals surface area contributed by atoms with E-state index in [2.05, 4.69) is 21.2 Å². The maximum atomic E-state index is 13.1. The van der Waals surface area contributed by atoms with Crippen molar-refractivity contribution in [3.63, 3.8) is 0 Å². The van der Waals surface area contributed by atoms with Gasteiger partial charge in [0.1, 0.15) is 5.82 Å². The number of benzene rings is 2. The van der Waals surface area contributed by atoms with Crippen molar-refractivity contribution in [2.24, 2.45) is 0 Å². The quantitative estimate of drug-likeness (QED) is 0.835. The Morgan fingerprint density at radius 2 is 2.05 bits per heavy atom. The number of hydrogen-bond acceptors (Lipinski definition) is 2. The Bertz CT molecular complexity index is 631. The molecule has 2 rings (SSSR count). The molecule has 0 radical (unpaired) electrons. The van der Waals surface area contributed by atoms with E-state index in [1.165, 1.54) is 18.2 Å². The van der Waals surface area contributed by atoms with Crippen molar-refractivity contribution in [3.8, 4) is 0 Å². The number of carbonyl (C=O) groups excluding carboxylic acids is 1. The summed E-state index contributed by atoms with van der Waals surface area (Å²) in [4.78, 5) is 11.8. The molecule has 0 aromatic heterocycles. The maximum absolute atomic E-state index is 13.1. The van der Waals surface area contributed by atoms with Crippen molar-refractivity contribution in [3.05, 3.63) is 58.3 Å². The Balaban J connectivity index is 1.91. The molecule has 0 heterocycles. The minimum atomic E-state index is -0.359. The van der Waals surface area contributed by atoms with Gasteiger partial charge >= 0.3 is 0 Å². The van der Waals surface area contributed by atoms with Crippen LogP contribution >= 0.6 is 15.9 Å². The first-order valence-corrected chi connectivity index (χ1v) is 6.93. The predicted molar refractivity (Wildman–Crippen MR) is 81.9 cm³/mol. The summed E-state index contributed by atoms with van der Waals surface area (Å²) in [6.07, 6.45) is 0.956. The Morgan fingerprint density at radius 3 is 2.75 bits per heavy atom. The summed E-state index contributed by atoms with van der Waals surface area (Å²) in [7, 11) is 0. The van der Waals surface area contributed by atoms with Gasteiger partial charge in [-0.2, -0.15) is 0 Å². The van der Waals surface area contributed by atoms with E-state index in [4.69, 9.17) is 5.73 Å². The Labute approximate surface area is 125 Å². The Hall–Kier alpha value is -1.88. The molecule has 20 heavy (non-hydrogen) atoms. The average Bonchev–Trinajstić information content (AvgIpc) is 2.41. The van der Waals surface area contributed by atoms with Crippen LogP contribution in [0.15, 0.2) is 46.9 Å². The molecule has 0 aliphatic carbocycles. The van der Waals surface area contributed by atoms with Crippen molar-refractivity contribution in [2.75, 3.05) is 11.1 Å². The fourth-order valence-corrected chi connectivity index (χ4v) is 2.18. The normalized spacial score (nSPS) is 10.3. The lowest BCUT2D eigenvalue weighted by Crippen LogP contribution is -2.12. The third-order valence-corrected chi connectivity index (χ3v) is 3.40. The maximum Gasteiger partial charge on any atom is 0.224 e. The van der Waals surface area contributed by atoms with E-state index in [1.807, 2.05) is 18.2 Å². The number of aryl methyl sites for hydroxylation is 1. The lowest BCUT2D eigenvalue weighted by atomic mass is 10.1. The van der Waals surface area contributed by atoms with Gasteiger partial charge in [-0.1, -0.05) is 12.1 Å². The van der Waals surface area contributed by atoms with Gasteiger partial charge in [0.15, 0.2) is 0 Å². The molecule has 0 atom stereocenters. The van der Waals surface area contributed by atoms with Crippen LogP contribution < -0.4 is 11.1 Å². The number of rotatable bonds is 4. The number of halogens is 2. The summed E-state index contributed by atoms with van der Waals surface area (Å²) in [5.74, 6) is -0.478. The topological polar surface area (TPSA) is 55.1 Å². The van der Waals surface area contributed by atoms with Gasteiger partial charge < -0.3 is 11.1 Å². The molecular formula is C15H14BrFN2O. The van der Waals surface area contributed by atoms with Gasteiger partial charge in [0.25, 0.3) is 0 Å². The molecule has 0 spiro atoms. The fraction of sp³-hybridized carbons (Fsp3) is 0.133. The van der Waals surface area contributed by atoms with Crippen molar-refractivity contribution >= 4 is 33.2 Å². The molecule has 0 aliphatic rings. The number of nitrogens with two attached hydrogens (primary N) is 1. The van der Waals surface area contributed by atoms with Crippen LogP contribution in [0.1, 0.15) is 12.0 Å². The summed E-state index contributed by atoms with van der Waals surface area (Å²) in [5, 5.41) is 2.73. The molecule has 0 fully saturated rings. The van der Waals surface area contributed by atoms with Gasteiger partial charge in [0.2, 0.25) is 5.91 Å². The Kier molecular flexibility index (Phi) is 4.74. The second-order valence-electron chi connectivity index (χ2n) is 4.42. The largest absolute Gasteiger partial charge is 0.399 e. The molecule has 104 valence electrons. The number of amides is 1. The SMILES string of the molecule is Nc1cccc(CCC(=O)Nc2ccc(F)c(Br)c2)c1. The van der Waals surface area contributed by atoms with Crippen molar-refractivity contribution in [2.45, 2.75) is 12.8 Å². The zero-order chi connectivity index (χ0) is 14.5. The van der Waals surface area contributed by atoms with Crippen molar-refractivity contribution < 1.29 is 9.18 Å². The van der Waals surface area contributed by atoms with Crippen LogP contribution in [0.3, 0.4) is 0 Å². The molecule has 0 saturated heterocycles. The van der Waals surface area contributed by atoms with Crippen molar-refractivity contribution in [1.82, 2.24) is 0 Å². The second-order valence-corrected chi connectivity index (χ2v) is 5.28. The lowest BCUT2D eigenvalue weighted by molar-refractivity contribution is -0.116. The highest BCUT2D eigenvalue weighted by molar-refractivity contribution is 9.10. The molecule has 3 N–H and O–H groups in total. The van der Waals surface area contributed by atoms with Gasteiger partial charge in [-0.05, 0) is 58.2 Å². The number of nitrogen functional groups attached to an aromatic ring is 1. The van der Waals surface area contributed by atoms with Crippen molar-refractivity contribution in [1.29, 1.82) is 0 Å². The smallest absolute Gasteiger partial charge is 0.224 e. The van der Waals surface area contributed by atoms with Gasteiger partial charge in [0.05, 0.1) is 4.47 Å². The van der Waals surface area contributed by atoms with E-state index >= 15 is 0 Å². The highest BCUT2D eigenvalue weighted by Crippen LogP contribution is 2.20. The number of carbonyl (C=O) groups is 1. The molecule has 0 saturated carbocycles. The highest BCUT2D eigenvalue weighted by Gasteiger charge is 2.05. The number of nitrogens with one attached hydrogen (secondary N) is 1. The third-order valence-electron chi connectivity index (χ3n) is 2.80. The van der Waals surface area contributed by atoms with Crippen LogP contribution in [0.4, 0.5) is 15.8 Å². The molecule has 0 bridgehead atoms. The highest BCUT2D eigenvalue weighted by atomic mass is 79.9. The van der Waals surface area contributed by atoms with E-state index in [-0.39, 0.29) is 11.7 Å².